The molecule has 4 aromatic rings. The summed E-state index contributed by atoms with van der Waals surface area (Å²) >= 11 is 0. The number of nitrogens with one attached hydrogen (secondary N) is 2. The molecule has 7 nitrogen and oxygen atoms in total. The van der Waals surface area contributed by atoms with Crippen molar-refractivity contribution in [2.24, 2.45) is 0 Å². The van der Waals surface area contributed by atoms with Crippen LogP contribution in [0.25, 0.3) is 11.3 Å². The maximum absolute atomic E-state index is 13.0. The van der Waals surface area contributed by atoms with Crippen molar-refractivity contribution in [3.05, 3.63) is 65.9 Å². The molecule has 4 heterocycles. The number of aromatic nitrogens is 4. The van der Waals surface area contributed by atoms with Crippen LogP contribution in [0.1, 0.15) is 47.4 Å². The number of carbonyl (C=O) groups excluding carboxylic acids is 1. The minimum atomic E-state index is -4.49. The summed E-state index contributed by atoms with van der Waals surface area (Å²) in [6.07, 6.45) is 3.33. The zero-order chi connectivity index (χ0) is 23.2. The van der Waals surface area contributed by atoms with Crippen molar-refractivity contribution in [1.82, 2.24) is 24.1 Å². The fourth-order valence-corrected chi connectivity index (χ4v) is 4.38. The molecule has 0 radical (unpaired) electrons. The molecular weight excluding hydrogens is 433 g/mol. The van der Waals surface area contributed by atoms with E-state index in [4.69, 9.17) is 0 Å². The second-order valence-corrected chi connectivity index (χ2v) is 8.50. The first kappa shape index (κ1) is 21.3. The van der Waals surface area contributed by atoms with Gasteiger partial charge in [0.1, 0.15) is 17.1 Å². The first-order valence-electron chi connectivity index (χ1n) is 10.8. The number of hydrogen-bond acceptors (Lipinski definition) is 4. The van der Waals surface area contributed by atoms with Crippen LogP contribution in [0.4, 0.5) is 19.0 Å². The first-order valence-corrected chi connectivity index (χ1v) is 10.8. The van der Waals surface area contributed by atoms with Crippen LogP contribution in [-0.4, -0.2) is 36.8 Å². The standard InChI is InChI=1S/C23H23F3N6O/c1-14-11-31-12-15(5-10-19(31)27-14)22(33)29-17-8-6-16(7-9-17)28-20-3-2-4-21-30-18(13-32(20)21)23(24,25)26/h2-5,10-13,16-17,28H,6-9H2,1H3,(H,29,33). The van der Waals surface area contributed by atoms with E-state index in [1.165, 1.54) is 4.40 Å². The van der Waals surface area contributed by atoms with E-state index in [1.54, 1.807) is 30.5 Å². The van der Waals surface area contributed by atoms with Crippen LogP contribution < -0.4 is 10.6 Å². The first-order chi connectivity index (χ1) is 15.8. The summed E-state index contributed by atoms with van der Waals surface area (Å²) in [6.45, 7) is 1.90. The lowest BCUT2D eigenvalue weighted by Crippen LogP contribution is -2.40. The lowest BCUT2D eigenvalue weighted by molar-refractivity contribution is -0.140. The average molecular weight is 456 g/mol. The van der Waals surface area contributed by atoms with Crippen molar-refractivity contribution >= 4 is 23.0 Å². The van der Waals surface area contributed by atoms with Crippen molar-refractivity contribution in [2.75, 3.05) is 5.32 Å². The van der Waals surface area contributed by atoms with E-state index in [9.17, 15) is 18.0 Å². The highest BCUT2D eigenvalue weighted by Gasteiger charge is 2.34. The van der Waals surface area contributed by atoms with Gasteiger partial charge in [0.2, 0.25) is 0 Å². The van der Waals surface area contributed by atoms with Gasteiger partial charge in [-0.25, -0.2) is 9.97 Å². The summed E-state index contributed by atoms with van der Waals surface area (Å²) in [4.78, 5) is 20.7. The van der Waals surface area contributed by atoms with Crippen LogP contribution in [0.15, 0.2) is 48.9 Å². The third-order valence-electron chi connectivity index (χ3n) is 6.03. The number of rotatable bonds is 4. The normalized spacial score (nSPS) is 19.2. The number of halogens is 3. The highest BCUT2D eigenvalue weighted by Crippen LogP contribution is 2.30. The molecule has 1 saturated carbocycles. The monoisotopic (exact) mass is 456 g/mol. The summed E-state index contributed by atoms with van der Waals surface area (Å²) in [7, 11) is 0. The molecule has 10 heteroatoms. The molecule has 0 unspecified atom stereocenters. The second-order valence-electron chi connectivity index (χ2n) is 8.50. The Morgan fingerprint density at radius 2 is 1.73 bits per heavy atom. The van der Waals surface area contributed by atoms with E-state index in [-0.39, 0.29) is 23.6 Å². The number of anilines is 1. The summed E-state index contributed by atoms with van der Waals surface area (Å²) < 4.78 is 42.4. The topological polar surface area (TPSA) is 75.7 Å². The Morgan fingerprint density at radius 3 is 2.48 bits per heavy atom. The highest BCUT2D eigenvalue weighted by molar-refractivity contribution is 5.94. The molecular formula is C23H23F3N6O. The smallest absolute Gasteiger partial charge is 0.368 e. The van der Waals surface area contributed by atoms with Crippen LogP contribution in [-0.2, 0) is 6.18 Å². The summed E-state index contributed by atoms with van der Waals surface area (Å²) in [5.74, 6) is 0.453. The minimum absolute atomic E-state index is 0.0524. The van der Waals surface area contributed by atoms with Gasteiger partial charge >= 0.3 is 6.18 Å². The molecule has 0 spiro atoms. The van der Waals surface area contributed by atoms with E-state index >= 15 is 0 Å². The second kappa shape index (κ2) is 8.09. The largest absolute Gasteiger partial charge is 0.434 e. The molecule has 0 aromatic carbocycles. The lowest BCUT2D eigenvalue weighted by Gasteiger charge is -2.30. The van der Waals surface area contributed by atoms with E-state index in [2.05, 4.69) is 20.6 Å². The number of aryl methyl sites for hydroxylation is 1. The lowest BCUT2D eigenvalue weighted by atomic mass is 9.91. The number of imidazole rings is 2. The van der Waals surface area contributed by atoms with Crippen LogP contribution in [0.5, 0.6) is 0 Å². The fourth-order valence-electron chi connectivity index (χ4n) is 4.38. The number of alkyl halides is 3. The minimum Gasteiger partial charge on any atom is -0.368 e. The van der Waals surface area contributed by atoms with Crippen LogP contribution in [0.3, 0.4) is 0 Å². The summed E-state index contributed by atoms with van der Waals surface area (Å²) in [5.41, 5.74) is 1.60. The van der Waals surface area contributed by atoms with Crippen LogP contribution in [0.2, 0.25) is 0 Å². The quantitative estimate of drug-likeness (QED) is 0.475. The van der Waals surface area contributed by atoms with Crippen LogP contribution >= 0.6 is 0 Å². The molecule has 0 saturated heterocycles. The SMILES string of the molecule is Cc1cn2cc(C(=O)NC3CCC(Nc4cccc5nc(C(F)(F)F)cn45)CC3)ccc2n1. The van der Waals surface area contributed by atoms with E-state index < -0.39 is 11.9 Å². The Morgan fingerprint density at radius 1 is 0.970 bits per heavy atom. The van der Waals surface area contributed by atoms with Crippen molar-refractivity contribution in [1.29, 1.82) is 0 Å². The van der Waals surface area contributed by atoms with Crippen molar-refractivity contribution in [3.8, 4) is 0 Å². The zero-order valence-corrected chi connectivity index (χ0v) is 17.9. The van der Waals surface area contributed by atoms with Crippen molar-refractivity contribution in [3.63, 3.8) is 0 Å². The van der Waals surface area contributed by atoms with E-state index in [0.717, 1.165) is 43.2 Å². The number of fused-ring (bicyclic) bond motifs is 2. The maximum atomic E-state index is 13.0. The molecule has 5 rings (SSSR count). The molecule has 4 aromatic heterocycles. The van der Waals surface area contributed by atoms with Gasteiger partial charge in [-0.3, -0.25) is 9.20 Å². The van der Waals surface area contributed by atoms with Gasteiger partial charge in [0, 0.05) is 30.7 Å². The van der Waals surface area contributed by atoms with E-state index in [1.807, 2.05) is 23.6 Å². The van der Waals surface area contributed by atoms with Gasteiger partial charge in [-0.15, -0.1) is 0 Å². The molecule has 172 valence electrons. The third-order valence-corrected chi connectivity index (χ3v) is 6.03. The van der Waals surface area contributed by atoms with Gasteiger partial charge in [0.05, 0.1) is 11.3 Å². The number of amides is 1. The van der Waals surface area contributed by atoms with Gasteiger partial charge in [0.15, 0.2) is 5.69 Å². The number of carbonyl (C=O) groups is 1. The van der Waals surface area contributed by atoms with Gasteiger partial charge in [-0.1, -0.05) is 6.07 Å². The Balaban J connectivity index is 1.20. The molecule has 2 N–H and O–H groups in total. The van der Waals surface area contributed by atoms with Gasteiger partial charge < -0.3 is 15.0 Å². The number of pyridine rings is 2. The van der Waals surface area contributed by atoms with Gasteiger partial charge in [0.25, 0.3) is 5.91 Å². The molecule has 1 aliphatic carbocycles. The molecule has 0 aliphatic heterocycles. The predicted octanol–water partition coefficient (Wildman–Crippen LogP) is 4.46. The Labute approximate surface area is 187 Å². The Kier molecular flexibility index (Phi) is 5.22. The van der Waals surface area contributed by atoms with Gasteiger partial charge in [-0.05, 0) is 56.9 Å². The number of nitrogens with zero attached hydrogens (tertiary/aromatic N) is 4. The molecule has 1 fully saturated rings. The van der Waals surface area contributed by atoms with Crippen molar-refractivity contribution in [2.45, 2.75) is 50.9 Å². The predicted molar refractivity (Wildman–Crippen MR) is 117 cm³/mol. The molecule has 1 amide bonds. The Hall–Kier alpha value is -3.56. The fraction of sp³-hybridized carbons (Fsp3) is 0.348. The molecule has 0 bridgehead atoms. The Bertz CT molecular complexity index is 1320. The summed E-state index contributed by atoms with van der Waals surface area (Å²) in [6, 6.07) is 8.73. The third kappa shape index (κ3) is 4.37. The molecule has 33 heavy (non-hydrogen) atoms. The van der Waals surface area contributed by atoms with E-state index in [0.29, 0.717) is 11.4 Å². The molecule has 0 atom stereocenters. The van der Waals surface area contributed by atoms with Crippen LogP contribution in [0, 0.1) is 6.92 Å². The molecule has 1 aliphatic rings. The number of hydrogen-bond donors (Lipinski definition) is 2. The average Bonchev–Trinajstić information content (AvgIpc) is 3.38. The maximum Gasteiger partial charge on any atom is 0.434 e. The van der Waals surface area contributed by atoms with Crippen molar-refractivity contribution < 1.29 is 18.0 Å². The van der Waals surface area contributed by atoms with Gasteiger partial charge in [-0.2, -0.15) is 13.2 Å². The zero-order valence-electron chi connectivity index (χ0n) is 17.9. The highest BCUT2D eigenvalue weighted by atomic mass is 19.4. The summed E-state index contributed by atoms with van der Waals surface area (Å²) in [5, 5.41) is 6.45.